The molecule has 0 spiro atoms. The van der Waals surface area contributed by atoms with E-state index in [1.165, 1.54) is 0 Å². The molecule has 0 radical (unpaired) electrons. The number of ether oxygens (including phenoxy) is 1. The standard InChI is InChI=1S/C13H15N3O2S/c14-4-3-10-8-16(13(17)18-10)9-1-2-12-11(7-9)15-5-6-19-12/h1-2,5-7,10,15H,3-4,8,14H2/t10-/m0/s1. The van der Waals surface area contributed by atoms with Gasteiger partial charge in [0.1, 0.15) is 6.10 Å². The fourth-order valence-electron chi connectivity index (χ4n) is 2.20. The van der Waals surface area contributed by atoms with Crippen molar-refractivity contribution >= 4 is 29.2 Å². The van der Waals surface area contributed by atoms with Crippen LogP contribution in [-0.2, 0) is 4.74 Å². The Kier molecular flexibility index (Phi) is 3.35. The highest BCUT2D eigenvalue weighted by molar-refractivity contribution is 8.02. The molecule has 0 unspecified atom stereocenters. The molecule has 2 aliphatic rings. The number of carbonyl (C=O) groups is 1. The molecule has 1 amide bonds. The van der Waals surface area contributed by atoms with Crippen molar-refractivity contribution in [3.05, 3.63) is 29.8 Å². The van der Waals surface area contributed by atoms with E-state index >= 15 is 0 Å². The molecule has 1 saturated heterocycles. The van der Waals surface area contributed by atoms with Crippen LogP contribution >= 0.6 is 11.8 Å². The Morgan fingerprint density at radius 1 is 1.53 bits per heavy atom. The van der Waals surface area contributed by atoms with E-state index < -0.39 is 0 Å². The van der Waals surface area contributed by atoms with Gasteiger partial charge in [0.05, 0.1) is 12.2 Å². The van der Waals surface area contributed by atoms with Crippen LogP contribution in [-0.4, -0.2) is 25.3 Å². The van der Waals surface area contributed by atoms with Crippen molar-refractivity contribution in [1.82, 2.24) is 0 Å². The van der Waals surface area contributed by atoms with E-state index in [2.05, 4.69) is 5.32 Å². The number of hydrogen-bond acceptors (Lipinski definition) is 5. The molecular formula is C13H15N3O2S. The molecule has 1 aromatic carbocycles. The van der Waals surface area contributed by atoms with Crippen molar-refractivity contribution in [3.8, 4) is 0 Å². The second kappa shape index (κ2) is 5.14. The van der Waals surface area contributed by atoms with Gasteiger partial charge in [0.15, 0.2) is 0 Å². The van der Waals surface area contributed by atoms with Gasteiger partial charge in [-0.25, -0.2) is 4.79 Å². The van der Waals surface area contributed by atoms with Gasteiger partial charge >= 0.3 is 6.09 Å². The number of cyclic esters (lactones) is 1. The molecule has 19 heavy (non-hydrogen) atoms. The quantitative estimate of drug-likeness (QED) is 0.887. The lowest BCUT2D eigenvalue weighted by Crippen LogP contribution is -2.25. The van der Waals surface area contributed by atoms with Crippen LogP contribution in [0.2, 0.25) is 0 Å². The molecular weight excluding hydrogens is 262 g/mol. The minimum Gasteiger partial charge on any atom is -0.444 e. The van der Waals surface area contributed by atoms with Gasteiger partial charge in [-0.05, 0) is 36.6 Å². The summed E-state index contributed by atoms with van der Waals surface area (Å²) < 4.78 is 5.28. The second-order valence-corrected chi connectivity index (χ2v) is 5.39. The fourth-order valence-corrected chi connectivity index (χ4v) is 2.88. The maximum atomic E-state index is 11.9. The van der Waals surface area contributed by atoms with E-state index in [1.807, 2.05) is 29.8 Å². The molecule has 100 valence electrons. The first kappa shape index (κ1) is 12.4. The predicted octanol–water partition coefficient (Wildman–Crippen LogP) is 2.35. The lowest BCUT2D eigenvalue weighted by atomic mass is 10.2. The average Bonchev–Trinajstić information content (AvgIpc) is 2.79. The third-order valence-corrected chi connectivity index (χ3v) is 4.02. The van der Waals surface area contributed by atoms with Crippen LogP contribution in [0.4, 0.5) is 16.2 Å². The third kappa shape index (κ3) is 2.41. The number of hydrogen-bond donors (Lipinski definition) is 2. The summed E-state index contributed by atoms with van der Waals surface area (Å²) in [4.78, 5) is 14.7. The van der Waals surface area contributed by atoms with Gasteiger partial charge in [-0.1, -0.05) is 11.8 Å². The van der Waals surface area contributed by atoms with Gasteiger partial charge in [0.2, 0.25) is 0 Å². The molecule has 3 rings (SSSR count). The summed E-state index contributed by atoms with van der Waals surface area (Å²) >= 11 is 1.66. The fraction of sp³-hybridized carbons (Fsp3) is 0.308. The number of nitrogens with one attached hydrogen (secondary N) is 1. The lowest BCUT2D eigenvalue weighted by Gasteiger charge is -2.17. The number of thioether (sulfide) groups is 1. The number of carbonyl (C=O) groups excluding carboxylic acids is 1. The zero-order valence-corrected chi connectivity index (χ0v) is 11.2. The summed E-state index contributed by atoms with van der Waals surface area (Å²) in [5, 5.41) is 5.17. The molecule has 3 N–H and O–H groups in total. The summed E-state index contributed by atoms with van der Waals surface area (Å²) in [5.74, 6) is 0. The van der Waals surface area contributed by atoms with Gasteiger partial charge in [-0.15, -0.1) is 0 Å². The van der Waals surface area contributed by atoms with Crippen LogP contribution < -0.4 is 16.0 Å². The summed E-state index contributed by atoms with van der Waals surface area (Å²) in [6, 6.07) is 5.92. The topological polar surface area (TPSA) is 67.6 Å². The van der Waals surface area contributed by atoms with Crippen LogP contribution in [0.3, 0.4) is 0 Å². The Balaban J connectivity index is 1.81. The van der Waals surface area contributed by atoms with Crippen molar-refractivity contribution in [1.29, 1.82) is 0 Å². The van der Waals surface area contributed by atoms with Crippen LogP contribution in [0.15, 0.2) is 34.7 Å². The number of rotatable bonds is 3. The minimum absolute atomic E-state index is 0.101. The number of anilines is 2. The van der Waals surface area contributed by atoms with E-state index in [0.717, 1.165) is 16.3 Å². The molecule has 5 nitrogen and oxygen atoms in total. The van der Waals surface area contributed by atoms with Gasteiger partial charge in [-0.3, -0.25) is 4.90 Å². The first-order chi connectivity index (χ1) is 9.28. The van der Waals surface area contributed by atoms with Crippen molar-refractivity contribution in [2.24, 2.45) is 5.73 Å². The summed E-state index contributed by atoms with van der Waals surface area (Å²) in [6.07, 6.45) is 2.19. The van der Waals surface area contributed by atoms with E-state index in [9.17, 15) is 4.79 Å². The van der Waals surface area contributed by atoms with Crippen molar-refractivity contribution in [2.75, 3.05) is 23.3 Å². The molecule has 0 bridgehead atoms. The van der Waals surface area contributed by atoms with E-state index in [1.54, 1.807) is 16.7 Å². The monoisotopic (exact) mass is 277 g/mol. The van der Waals surface area contributed by atoms with Gasteiger partial charge in [0, 0.05) is 16.8 Å². The summed E-state index contributed by atoms with van der Waals surface area (Å²) in [7, 11) is 0. The lowest BCUT2D eigenvalue weighted by molar-refractivity contribution is 0.138. The van der Waals surface area contributed by atoms with E-state index in [-0.39, 0.29) is 12.2 Å². The average molecular weight is 277 g/mol. The first-order valence-corrected chi connectivity index (χ1v) is 7.06. The molecule has 2 aliphatic heterocycles. The number of nitrogens with zero attached hydrogens (tertiary/aromatic N) is 1. The number of amides is 1. The third-order valence-electron chi connectivity index (χ3n) is 3.14. The van der Waals surface area contributed by atoms with Crippen molar-refractivity contribution < 1.29 is 9.53 Å². The highest BCUT2D eigenvalue weighted by atomic mass is 32.2. The SMILES string of the molecule is NCC[C@H]1CN(c2ccc3c(c2)NC=CS3)C(=O)O1. The Bertz CT molecular complexity index is 533. The Morgan fingerprint density at radius 3 is 3.26 bits per heavy atom. The molecule has 0 aliphatic carbocycles. The molecule has 6 heteroatoms. The molecule has 0 aromatic heterocycles. The van der Waals surface area contributed by atoms with Gasteiger partial charge in [-0.2, -0.15) is 0 Å². The Morgan fingerprint density at radius 2 is 2.42 bits per heavy atom. The normalized spacial score (nSPS) is 21.0. The molecule has 1 atom stereocenters. The Labute approximate surface area is 115 Å². The minimum atomic E-state index is -0.294. The maximum Gasteiger partial charge on any atom is 0.414 e. The molecule has 2 heterocycles. The van der Waals surface area contributed by atoms with Gasteiger partial charge in [0.25, 0.3) is 0 Å². The zero-order chi connectivity index (χ0) is 13.2. The van der Waals surface area contributed by atoms with E-state index in [4.69, 9.17) is 10.5 Å². The smallest absolute Gasteiger partial charge is 0.414 e. The second-order valence-electron chi connectivity index (χ2n) is 4.44. The predicted molar refractivity (Wildman–Crippen MR) is 76.3 cm³/mol. The van der Waals surface area contributed by atoms with Crippen LogP contribution in [0.5, 0.6) is 0 Å². The number of nitrogens with two attached hydrogens (primary N) is 1. The van der Waals surface area contributed by atoms with Crippen LogP contribution in [0, 0.1) is 0 Å². The highest BCUT2D eigenvalue weighted by Gasteiger charge is 2.32. The van der Waals surface area contributed by atoms with Crippen LogP contribution in [0.1, 0.15) is 6.42 Å². The molecule has 1 aromatic rings. The number of benzene rings is 1. The summed E-state index contributed by atoms with van der Waals surface area (Å²) in [6.45, 7) is 1.09. The van der Waals surface area contributed by atoms with Crippen molar-refractivity contribution in [2.45, 2.75) is 17.4 Å². The first-order valence-electron chi connectivity index (χ1n) is 6.18. The van der Waals surface area contributed by atoms with Crippen molar-refractivity contribution in [3.63, 3.8) is 0 Å². The largest absolute Gasteiger partial charge is 0.444 e. The van der Waals surface area contributed by atoms with Gasteiger partial charge < -0.3 is 15.8 Å². The van der Waals surface area contributed by atoms with Crippen LogP contribution in [0.25, 0.3) is 0 Å². The molecule has 0 saturated carbocycles. The number of fused-ring (bicyclic) bond motifs is 1. The van der Waals surface area contributed by atoms with E-state index in [0.29, 0.717) is 19.5 Å². The summed E-state index contributed by atoms with van der Waals surface area (Å²) in [5.41, 5.74) is 7.37. The zero-order valence-electron chi connectivity index (χ0n) is 10.3. The maximum absolute atomic E-state index is 11.9. The molecule has 1 fully saturated rings. The Hall–Kier alpha value is -1.66. The highest BCUT2D eigenvalue weighted by Crippen LogP contribution is 2.35.